The molecule has 57 heavy (non-hydrogen) atoms. The van der Waals surface area contributed by atoms with Crippen LogP contribution in [0.1, 0.15) is 76.8 Å². The maximum absolute atomic E-state index is 14.6. The molecule has 3 atom stereocenters. The molecular weight excluding hydrogens is 736 g/mol. The zero-order valence-corrected chi connectivity index (χ0v) is 34.5. The number of aryl methyl sites for hydroxylation is 2. The number of amidine groups is 1. The van der Waals surface area contributed by atoms with Gasteiger partial charge in [-0.2, -0.15) is 0 Å². The third kappa shape index (κ3) is 10.4. The molecule has 300 valence electrons. The molecule has 4 aromatic carbocycles. The van der Waals surface area contributed by atoms with E-state index in [1.807, 2.05) is 79.7 Å². The summed E-state index contributed by atoms with van der Waals surface area (Å²) in [7, 11) is 0. The molecule has 0 radical (unpaired) electrons. The molecule has 11 heteroatoms. The van der Waals surface area contributed by atoms with Crippen LogP contribution in [0.15, 0.2) is 101 Å². The first-order valence-corrected chi connectivity index (χ1v) is 20.7. The van der Waals surface area contributed by atoms with Crippen molar-refractivity contribution in [1.82, 2.24) is 0 Å². The van der Waals surface area contributed by atoms with Crippen LogP contribution in [0.3, 0.4) is 0 Å². The molecule has 2 aliphatic rings. The number of hydrogen-bond acceptors (Lipinski definition) is 8. The van der Waals surface area contributed by atoms with Crippen molar-refractivity contribution in [2.24, 2.45) is 15.9 Å². The maximum atomic E-state index is 14.6. The fourth-order valence-electron chi connectivity index (χ4n) is 7.44. The maximum Gasteiger partial charge on any atom is 0.278 e. The summed E-state index contributed by atoms with van der Waals surface area (Å²) in [6, 6.07) is 28.3. The van der Waals surface area contributed by atoms with Gasteiger partial charge in [-0.25, -0.2) is 4.99 Å². The molecule has 0 spiro atoms. The second-order valence-electron chi connectivity index (χ2n) is 14.7. The second kappa shape index (κ2) is 19.8. The second-order valence-corrected chi connectivity index (χ2v) is 15.1. The van der Waals surface area contributed by atoms with Crippen LogP contribution in [0.5, 0.6) is 5.75 Å². The van der Waals surface area contributed by atoms with Gasteiger partial charge < -0.3 is 25.0 Å². The van der Waals surface area contributed by atoms with Gasteiger partial charge >= 0.3 is 0 Å². The Balaban J connectivity index is 1.28. The van der Waals surface area contributed by atoms with Gasteiger partial charge in [-0.1, -0.05) is 73.7 Å². The van der Waals surface area contributed by atoms with E-state index in [1.165, 1.54) is 5.56 Å². The quantitative estimate of drug-likeness (QED) is 0.0815. The molecule has 6 rings (SSSR count). The Kier molecular flexibility index (Phi) is 14.4. The minimum Gasteiger partial charge on any atom is -0.465 e. The zero-order valence-electron chi connectivity index (χ0n) is 33.8. The number of rotatable bonds is 17. The number of halogens is 1. The minimum absolute atomic E-state index is 0.0203. The number of fused-ring (bicyclic) bond motifs is 1. The molecule has 4 aromatic rings. The van der Waals surface area contributed by atoms with Gasteiger partial charge in [0.2, 0.25) is 12.2 Å². The predicted octanol–water partition coefficient (Wildman–Crippen LogP) is 10.5. The van der Waals surface area contributed by atoms with E-state index in [9.17, 15) is 9.59 Å². The topological polar surface area (TPSA) is 108 Å². The van der Waals surface area contributed by atoms with E-state index in [0.29, 0.717) is 27.8 Å². The van der Waals surface area contributed by atoms with Gasteiger partial charge in [-0.05, 0) is 113 Å². The summed E-state index contributed by atoms with van der Waals surface area (Å²) < 4.78 is 12.5. The highest BCUT2D eigenvalue weighted by atomic mass is 35.5. The Morgan fingerprint density at radius 2 is 1.72 bits per heavy atom. The fraction of sp³-hybridized carbons (Fsp3) is 0.391. The third-order valence-corrected chi connectivity index (χ3v) is 10.9. The molecule has 2 amide bonds. The van der Waals surface area contributed by atoms with Gasteiger partial charge in [-0.15, -0.1) is 0 Å². The highest BCUT2D eigenvalue weighted by molar-refractivity contribution is 6.72. The zero-order chi connectivity index (χ0) is 40.3. The standard InChI is InChI=1S/C46H55ClN6O4/c1-6-9-19-42(57-41-27-20-31(4)28-32(41)5)56-30-48-34-23-26-38(47)40(29-34)51-45(54)43(49-33-21-24-35(25-22-33)52(7-2)8-3)44-50-39-18-14-13-17-37(39)46(55)53(44)36-15-11-10-12-16-36/h10-12,15-16,20-29,37,39,42,48H,6-9,13-14,17-19,30H2,1-5H3,(H,51,54). The molecule has 2 N–H and O–H groups in total. The minimum atomic E-state index is -0.540. The van der Waals surface area contributed by atoms with E-state index in [4.69, 9.17) is 31.1 Å². The van der Waals surface area contributed by atoms with Crippen LogP contribution < -0.4 is 25.2 Å². The molecule has 1 aliphatic carbocycles. The van der Waals surface area contributed by atoms with E-state index < -0.39 is 12.2 Å². The van der Waals surface area contributed by atoms with Crippen LogP contribution in [0, 0.1) is 19.8 Å². The predicted molar refractivity (Wildman–Crippen MR) is 234 cm³/mol. The summed E-state index contributed by atoms with van der Waals surface area (Å²) in [5.41, 5.74) is 5.55. The van der Waals surface area contributed by atoms with Crippen LogP contribution in [0.25, 0.3) is 0 Å². The Labute approximate surface area is 342 Å². The first-order valence-electron chi connectivity index (χ1n) is 20.3. The summed E-state index contributed by atoms with van der Waals surface area (Å²) in [6.45, 7) is 12.3. The van der Waals surface area contributed by atoms with Crippen LogP contribution >= 0.6 is 11.6 Å². The number of hydrogen-bond donors (Lipinski definition) is 2. The number of benzene rings is 4. The lowest BCUT2D eigenvalue weighted by molar-refractivity contribution is -0.123. The summed E-state index contributed by atoms with van der Waals surface area (Å²) in [6.07, 6.45) is 5.73. The summed E-state index contributed by atoms with van der Waals surface area (Å²) in [5, 5.41) is 6.65. The first-order chi connectivity index (χ1) is 27.7. The molecule has 0 saturated heterocycles. The average molecular weight is 791 g/mol. The van der Waals surface area contributed by atoms with E-state index in [0.717, 1.165) is 75.0 Å². The average Bonchev–Trinajstić information content (AvgIpc) is 3.22. The Morgan fingerprint density at radius 3 is 2.44 bits per heavy atom. The van der Waals surface area contributed by atoms with Crippen LogP contribution in [0.4, 0.5) is 28.4 Å². The van der Waals surface area contributed by atoms with E-state index in [1.54, 1.807) is 17.0 Å². The largest absolute Gasteiger partial charge is 0.465 e. The number of carbonyl (C=O) groups excluding carboxylic acids is 2. The van der Waals surface area contributed by atoms with E-state index in [-0.39, 0.29) is 36.1 Å². The summed E-state index contributed by atoms with van der Waals surface area (Å²) in [5.74, 6) is 0.148. The molecule has 10 nitrogen and oxygen atoms in total. The number of para-hydroxylation sites is 1. The highest BCUT2D eigenvalue weighted by Crippen LogP contribution is 2.35. The van der Waals surface area contributed by atoms with E-state index >= 15 is 0 Å². The number of carbonyl (C=O) groups is 2. The normalized spacial score (nSPS) is 17.4. The van der Waals surface area contributed by atoms with Gasteiger partial charge in [0, 0.05) is 30.9 Å². The van der Waals surface area contributed by atoms with Crippen molar-refractivity contribution in [3.8, 4) is 5.75 Å². The monoisotopic (exact) mass is 790 g/mol. The van der Waals surface area contributed by atoms with Crippen LogP contribution in [-0.4, -0.2) is 55.5 Å². The van der Waals surface area contributed by atoms with Crippen molar-refractivity contribution in [1.29, 1.82) is 0 Å². The molecule has 1 saturated carbocycles. The van der Waals surface area contributed by atoms with Gasteiger partial charge in [0.15, 0.2) is 11.5 Å². The molecule has 1 fully saturated rings. The first kappa shape index (κ1) is 41.4. The van der Waals surface area contributed by atoms with Crippen LogP contribution in [-0.2, 0) is 14.3 Å². The molecule has 3 unspecified atom stereocenters. The van der Waals surface area contributed by atoms with Crippen molar-refractivity contribution in [3.05, 3.63) is 107 Å². The van der Waals surface area contributed by atoms with Gasteiger partial charge in [0.1, 0.15) is 12.5 Å². The fourth-order valence-corrected chi connectivity index (χ4v) is 7.61. The molecule has 1 heterocycles. The van der Waals surface area contributed by atoms with Crippen molar-refractivity contribution in [2.75, 3.05) is 40.3 Å². The Morgan fingerprint density at radius 1 is 0.965 bits per heavy atom. The van der Waals surface area contributed by atoms with Crippen molar-refractivity contribution in [2.45, 2.75) is 91.9 Å². The number of nitrogens with zero attached hydrogens (tertiary/aromatic N) is 4. The van der Waals surface area contributed by atoms with Crippen molar-refractivity contribution in [3.63, 3.8) is 0 Å². The Bertz CT molecular complexity index is 2050. The molecular formula is C46H55ClN6O4. The lowest BCUT2D eigenvalue weighted by Crippen LogP contribution is -2.54. The SMILES string of the molecule is CCCCC(OCNc1ccc(Cl)c(NC(=O)C(=Nc2ccc(N(CC)CC)cc2)C2=NC3CCCCC3C(=O)N2c2ccccc2)c1)Oc1ccc(C)cc1C. The molecule has 0 aromatic heterocycles. The van der Waals surface area contributed by atoms with Crippen molar-refractivity contribution >= 4 is 63.4 Å². The number of nitrogens with one attached hydrogen (secondary N) is 2. The smallest absolute Gasteiger partial charge is 0.278 e. The number of unbranched alkanes of at least 4 members (excludes halogenated alkanes) is 1. The number of anilines is 4. The number of ether oxygens (including phenoxy) is 2. The number of aliphatic imine (C=N–C) groups is 2. The lowest BCUT2D eigenvalue weighted by Gasteiger charge is -2.38. The van der Waals surface area contributed by atoms with Gasteiger partial charge in [0.05, 0.1) is 34.0 Å². The summed E-state index contributed by atoms with van der Waals surface area (Å²) >= 11 is 6.73. The lowest BCUT2D eigenvalue weighted by atomic mass is 9.82. The van der Waals surface area contributed by atoms with Gasteiger partial charge in [0.25, 0.3) is 5.91 Å². The van der Waals surface area contributed by atoms with Crippen LogP contribution in [0.2, 0.25) is 5.02 Å². The van der Waals surface area contributed by atoms with E-state index in [2.05, 4.69) is 49.3 Å². The third-order valence-electron chi connectivity index (χ3n) is 10.6. The van der Waals surface area contributed by atoms with Gasteiger partial charge in [-0.3, -0.25) is 19.5 Å². The Hall–Kier alpha value is -5.19. The summed E-state index contributed by atoms with van der Waals surface area (Å²) in [4.78, 5) is 42.9. The number of amides is 2. The highest BCUT2D eigenvalue weighted by Gasteiger charge is 2.43. The van der Waals surface area contributed by atoms with Crippen molar-refractivity contribution < 1.29 is 19.1 Å². The molecule has 0 bridgehead atoms. The molecule has 1 aliphatic heterocycles.